The average Bonchev–Trinajstić information content (AvgIpc) is 2.67. The van der Waals surface area contributed by atoms with Crippen LogP contribution in [0, 0.1) is 0 Å². The van der Waals surface area contributed by atoms with Crippen molar-refractivity contribution in [1.82, 2.24) is 10.2 Å². The molecular formula is C11H23FN2. The fraction of sp³-hybridized carbons (Fsp3) is 1.00. The van der Waals surface area contributed by atoms with E-state index in [9.17, 15) is 4.39 Å². The molecule has 0 aliphatic carbocycles. The quantitative estimate of drug-likeness (QED) is 0.677. The van der Waals surface area contributed by atoms with Crippen LogP contribution in [0.1, 0.15) is 32.6 Å². The van der Waals surface area contributed by atoms with Crippen molar-refractivity contribution in [3.05, 3.63) is 0 Å². The Kier molecular flexibility index (Phi) is 6.12. The van der Waals surface area contributed by atoms with Gasteiger partial charge in [-0.3, -0.25) is 4.39 Å². The third kappa shape index (κ3) is 4.38. The van der Waals surface area contributed by atoms with Crippen LogP contribution in [0.15, 0.2) is 0 Å². The first-order valence-electron chi connectivity index (χ1n) is 5.88. The molecule has 0 radical (unpaired) electrons. The Hall–Kier alpha value is -0.150. The molecule has 1 atom stereocenters. The summed E-state index contributed by atoms with van der Waals surface area (Å²) in [6.45, 7) is 6.30. The van der Waals surface area contributed by atoms with Crippen molar-refractivity contribution in [3.63, 3.8) is 0 Å². The fourth-order valence-corrected chi connectivity index (χ4v) is 2.12. The Bertz CT molecular complexity index is 135. The van der Waals surface area contributed by atoms with Gasteiger partial charge < -0.3 is 10.2 Å². The van der Waals surface area contributed by atoms with Crippen LogP contribution in [0.25, 0.3) is 0 Å². The second kappa shape index (κ2) is 7.18. The van der Waals surface area contributed by atoms with Crippen LogP contribution in [0.3, 0.4) is 0 Å². The highest BCUT2D eigenvalue weighted by Crippen LogP contribution is 2.07. The molecule has 2 nitrogen and oxygen atoms in total. The van der Waals surface area contributed by atoms with Crippen molar-refractivity contribution < 1.29 is 4.39 Å². The lowest BCUT2D eigenvalue weighted by Gasteiger charge is -2.24. The van der Waals surface area contributed by atoms with Crippen LogP contribution in [0.2, 0.25) is 0 Å². The van der Waals surface area contributed by atoms with Crippen LogP contribution in [0.5, 0.6) is 0 Å². The van der Waals surface area contributed by atoms with Crippen molar-refractivity contribution in [1.29, 1.82) is 0 Å². The lowest BCUT2D eigenvalue weighted by Crippen LogP contribution is -2.38. The number of hydrogen-bond donors (Lipinski definition) is 1. The number of nitrogens with zero attached hydrogens (tertiary/aromatic N) is 1. The normalized spacial score (nSPS) is 22.1. The summed E-state index contributed by atoms with van der Waals surface area (Å²) >= 11 is 0. The van der Waals surface area contributed by atoms with E-state index >= 15 is 0 Å². The molecule has 1 rings (SSSR count). The summed E-state index contributed by atoms with van der Waals surface area (Å²) in [5.41, 5.74) is 0. The molecule has 1 aliphatic rings. The van der Waals surface area contributed by atoms with E-state index in [4.69, 9.17) is 0 Å². The van der Waals surface area contributed by atoms with Gasteiger partial charge in [0, 0.05) is 19.1 Å². The minimum Gasteiger partial charge on any atom is -0.313 e. The van der Waals surface area contributed by atoms with E-state index in [1.54, 1.807) is 0 Å². The molecule has 1 heterocycles. The van der Waals surface area contributed by atoms with E-state index in [1.165, 1.54) is 19.3 Å². The first-order valence-corrected chi connectivity index (χ1v) is 5.88. The van der Waals surface area contributed by atoms with Crippen molar-refractivity contribution in [2.24, 2.45) is 0 Å². The number of rotatable bonds is 7. The molecule has 14 heavy (non-hydrogen) atoms. The highest BCUT2D eigenvalue weighted by molar-refractivity contribution is 4.77. The van der Waals surface area contributed by atoms with Crippen molar-refractivity contribution in [2.45, 2.75) is 38.6 Å². The fourth-order valence-electron chi connectivity index (χ4n) is 2.12. The van der Waals surface area contributed by atoms with Gasteiger partial charge in [0.05, 0.1) is 6.67 Å². The number of alkyl halides is 1. The summed E-state index contributed by atoms with van der Waals surface area (Å²) in [4.78, 5) is 2.39. The van der Waals surface area contributed by atoms with E-state index in [0.29, 0.717) is 12.5 Å². The van der Waals surface area contributed by atoms with Crippen molar-refractivity contribution >= 4 is 0 Å². The molecule has 1 saturated heterocycles. The average molecular weight is 202 g/mol. The zero-order chi connectivity index (χ0) is 10.2. The molecule has 0 saturated carbocycles. The first-order chi connectivity index (χ1) is 6.86. The predicted octanol–water partition coefficient (Wildman–Crippen LogP) is 1.81. The highest BCUT2D eigenvalue weighted by atomic mass is 19.1. The summed E-state index contributed by atoms with van der Waals surface area (Å²) in [5, 5.41) is 3.49. The van der Waals surface area contributed by atoms with Gasteiger partial charge in [-0.05, 0) is 38.8 Å². The number of halogens is 1. The van der Waals surface area contributed by atoms with Gasteiger partial charge in [-0.2, -0.15) is 0 Å². The molecule has 84 valence electrons. The molecule has 0 aromatic carbocycles. The Balaban J connectivity index is 2.18. The third-order valence-electron chi connectivity index (χ3n) is 2.79. The Morgan fingerprint density at radius 1 is 1.43 bits per heavy atom. The number of hydrogen-bond acceptors (Lipinski definition) is 2. The molecule has 1 N–H and O–H groups in total. The topological polar surface area (TPSA) is 15.3 Å². The van der Waals surface area contributed by atoms with E-state index < -0.39 is 0 Å². The minimum atomic E-state index is -0.182. The van der Waals surface area contributed by atoms with E-state index in [0.717, 1.165) is 26.2 Å². The molecule has 0 amide bonds. The van der Waals surface area contributed by atoms with Crippen molar-refractivity contribution in [2.75, 3.05) is 32.9 Å². The standard InChI is InChI=1S/C11H23FN2/c1-2-8-14(9-4-6-12)10-11-5-3-7-13-11/h11,13H,2-10H2,1H3. The van der Waals surface area contributed by atoms with Gasteiger partial charge >= 0.3 is 0 Å². The van der Waals surface area contributed by atoms with Crippen LogP contribution in [0.4, 0.5) is 4.39 Å². The maximum atomic E-state index is 12.1. The summed E-state index contributed by atoms with van der Waals surface area (Å²) in [5.74, 6) is 0. The second-order valence-corrected chi connectivity index (χ2v) is 4.14. The predicted molar refractivity (Wildman–Crippen MR) is 58.3 cm³/mol. The van der Waals surface area contributed by atoms with E-state index in [-0.39, 0.29) is 6.67 Å². The second-order valence-electron chi connectivity index (χ2n) is 4.14. The maximum Gasteiger partial charge on any atom is 0.0906 e. The highest BCUT2D eigenvalue weighted by Gasteiger charge is 2.16. The molecule has 0 spiro atoms. The van der Waals surface area contributed by atoms with Crippen LogP contribution in [-0.2, 0) is 0 Å². The van der Waals surface area contributed by atoms with Crippen LogP contribution < -0.4 is 5.32 Å². The van der Waals surface area contributed by atoms with Gasteiger partial charge in [0.25, 0.3) is 0 Å². The zero-order valence-corrected chi connectivity index (χ0v) is 9.27. The molecule has 0 aromatic heterocycles. The molecule has 1 aliphatic heterocycles. The van der Waals surface area contributed by atoms with Gasteiger partial charge in [0.1, 0.15) is 0 Å². The van der Waals surface area contributed by atoms with Crippen LogP contribution in [-0.4, -0.2) is 43.8 Å². The molecule has 0 bridgehead atoms. The largest absolute Gasteiger partial charge is 0.313 e. The lowest BCUT2D eigenvalue weighted by molar-refractivity contribution is 0.238. The molecular weight excluding hydrogens is 179 g/mol. The molecule has 3 heteroatoms. The summed E-state index contributed by atoms with van der Waals surface area (Å²) in [6.07, 6.45) is 4.44. The molecule has 1 fully saturated rings. The van der Waals surface area contributed by atoms with Gasteiger partial charge in [-0.1, -0.05) is 6.92 Å². The Labute approximate surface area is 86.9 Å². The smallest absolute Gasteiger partial charge is 0.0906 e. The summed E-state index contributed by atoms with van der Waals surface area (Å²) < 4.78 is 12.1. The minimum absolute atomic E-state index is 0.182. The first kappa shape index (κ1) is 11.9. The van der Waals surface area contributed by atoms with Crippen LogP contribution >= 0.6 is 0 Å². The summed E-state index contributed by atoms with van der Waals surface area (Å²) in [7, 11) is 0. The Morgan fingerprint density at radius 2 is 2.29 bits per heavy atom. The van der Waals surface area contributed by atoms with E-state index in [1.807, 2.05) is 0 Å². The monoisotopic (exact) mass is 202 g/mol. The maximum absolute atomic E-state index is 12.1. The van der Waals surface area contributed by atoms with Gasteiger partial charge in [0.15, 0.2) is 0 Å². The zero-order valence-electron chi connectivity index (χ0n) is 9.27. The van der Waals surface area contributed by atoms with Gasteiger partial charge in [0.2, 0.25) is 0 Å². The Morgan fingerprint density at radius 3 is 2.86 bits per heavy atom. The molecule has 1 unspecified atom stereocenters. The lowest BCUT2D eigenvalue weighted by atomic mass is 10.2. The van der Waals surface area contributed by atoms with E-state index in [2.05, 4.69) is 17.1 Å². The van der Waals surface area contributed by atoms with Gasteiger partial charge in [-0.25, -0.2) is 0 Å². The van der Waals surface area contributed by atoms with Gasteiger partial charge in [-0.15, -0.1) is 0 Å². The van der Waals surface area contributed by atoms with Crippen molar-refractivity contribution in [3.8, 4) is 0 Å². The number of nitrogens with one attached hydrogen (secondary N) is 1. The summed E-state index contributed by atoms with van der Waals surface area (Å²) in [6, 6.07) is 0.654. The third-order valence-corrected chi connectivity index (χ3v) is 2.79. The molecule has 0 aromatic rings. The SMILES string of the molecule is CCCN(CCCF)CC1CCCN1.